The average molecular weight is 343 g/mol. The van der Waals surface area contributed by atoms with E-state index < -0.39 is 0 Å². The molecule has 6 heteroatoms. The van der Waals surface area contributed by atoms with E-state index in [1.54, 1.807) is 10.6 Å². The molecule has 0 saturated carbocycles. The monoisotopic (exact) mass is 343 g/mol. The van der Waals surface area contributed by atoms with Gasteiger partial charge in [-0.3, -0.25) is 14.3 Å². The van der Waals surface area contributed by atoms with Crippen molar-refractivity contribution in [3.8, 4) is 0 Å². The molecule has 1 amide bonds. The summed E-state index contributed by atoms with van der Waals surface area (Å²) in [6, 6.07) is 8.21. The molecule has 2 aliphatic rings. The van der Waals surface area contributed by atoms with Gasteiger partial charge in [-0.1, -0.05) is 18.6 Å². The molecule has 0 spiro atoms. The Morgan fingerprint density at radius 2 is 2.08 bits per heavy atom. The first-order valence-corrected chi connectivity index (χ1v) is 9.34. The van der Waals surface area contributed by atoms with Gasteiger partial charge in [0.1, 0.15) is 0 Å². The number of aryl methyl sites for hydroxylation is 1. The number of piperidine rings is 1. The van der Waals surface area contributed by atoms with Crippen LogP contribution in [0, 0.1) is 0 Å². The summed E-state index contributed by atoms with van der Waals surface area (Å²) in [6.45, 7) is 2.78. The Labute approximate surface area is 146 Å². The lowest BCUT2D eigenvalue weighted by Crippen LogP contribution is -2.46. The first-order valence-electron chi connectivity index (χ1n) is 9.34. The first kappa shape index (κ1) is 16.4. The standard InChI is InChI=1S/C19H25N3O3/c23-18(20-14-10-13-21-11-4-3-6-15(14)21)9-5-12-22-16-7-1-2-8-17(16)25-19(22)24/h1-2,7-8,14-15H,3-6,9-13H2,(H,20,23). The fourth-order valence-corrected chi connectivity index (χ4v) is 4.32. The predicted molar refractivity (Wildman–Crippen MR) is 95.5 cm³/mol. The molecule has 0 bridgehead atoms. The zero-order valence-corrected chi connectivity index (χ0v) is 14.4. The smallest absolute Gasteiger partial charge is 0.408 e. The summed E-state index contributed by atoms with van der Waals surface area (Å²) in [5, 5.41) is 3.22. The van der Waals surface area contributed by atoms with Crippen molar-refractivity contribution in [1.82, 2.24) is 14.8 Å². The lowest BCUT2D eigenvalue weighted by Gasteiger charge is -2.32. The molecule has 1 aromatic carbocycles. The highest BCUT2D eigenvalue weighted by atomic mass is 16.4. The van der Waals surface area contributed by atoms with Crippen LogP contribution in [0.2, 0.25) is 0 Å². The van der Waals surface area contributed by atoms with Crippen molar-refractivity contribution in [2.24, 2.45) is 0 Å². The molecule has 25 heavy (non-hydrogen) atoms. The highest BCUT2D eigenvalue weighted by Crippen LogP contribution is 2.27. The van der Waals surface area contributed by atoms with Crippen molar-refractivity contribution in [3.63, 3.8) is 0 Å². The zero-order valence-electron chi connectivity index (χ0n) is 14.4. The Morgan fingerprint density at radius 3 is 3.00 bits per heavy atom. The number of hydrogen-bond acceptors (Lipinski definition) is 4. The van der Waals surface area contributed by atoms with E-state index in [9.17, 15) is 9.59 Å². The van der Waals surface area contributed by atoms with Crippen LogP contribution in [-0.4, -0.2) is 40.5 Å². The molecule has 0 aliphatic carbocycles. The van der Waals surface area contributed by atoms with E-state index in [2.05, 4.69) is 10.2 Å². The van der Waals surface area contributed by atoms with Gasteiger partial charge in [-0.05, 0) is 44.4 Å². The SMILES string of the molecule is O=C(CCCn1c(=O)oc2ccccc21)NC1CCN2CCCCC12. The zero-order chi connectivity index (χ0) is 17.2. The van der Waals surface area contributed by atoms with E-state index in [1.807, 2.05) is 18.2 Å². The Bertz CT molecular complexity index is 810. The van der Waals surface area contributed by atoms with Crippen molar-refractivity contribution >= 4 is 17.0 Å². The Balaban J connectivity index is 1.30. The maximum absolute atomic E-state index is 12.3. The largest absolute Gasteiger partial charge is 0.419 e. The minimum absolute atomic E-state index is 0.0956. The molecule has 4 rings (SSSR count). The van der Waals surface area contributed by atoms with Crippen molar-refractivity contribution in [3.05, 3.63) is 34.8 Å². The molecule has 6 nitrogen and oxygen atoms in total. The number of fused-ring (bicyclic) bond motifs is 2. The van der Waals surface area contributed by atoms with Gasteiger partial charge in [0.15, 0.2) is 5.58 Å². The summed E-state index contributed by atoms with van der Waals surface area (Å²) < 4.78 is 6.84. The van der Waals surface area contributed by atoms with Crippen LogP contribution in [0.3, 0.4) is 0 Å². The van der Waals surface area contributed by atoms with Gasteiger partial charge in [-0.15, -0.1) is 0 Å². The number of para-hydroxylation sites is 2. The van der Waals surface area contributed by atoms with Gasteiger partial charge < -0.3 is 9.73 Å². The van der Waals surface area contributed by atoms with Gasteiger partial charge in [0.25, 0.3) is 0 Å². The normalized spacial score (nSPS) is 23.7. The number of amides is 1. The number of carbonyl (C=O) groups excluding carboxylic acids is 1. The van der Waals surface area contributed by atoms with Crippen LogP contribution in [0.1, 0.15) is 38.5 Å². The minimum atomic E-state index is -0.352. The number of benzene rings is 1. The maximum Gasteiger partial charge on any atom is 0.419 e. The van der Waals surface area contributed by atoms with Gasteiger partial charge in [0.05, 0.1) is 5.52 Å². The quantitative estimate of drug-likeness (QED) is 0.903. The molecular formula is C19H25N3O3. The van der Waals surface area contributed by atoms with Crippen LogP contribution in [0.4, 0.5) is 0 Å². The summed E-state index contributed by atoms with van der Waals surface area (Å²) in [6.07, 6.45) is 5.88. The van der Waals surface area contributed by atoms with Crippen LogP contribution in [-0.2, 0) is 11.3 Å². The molecular weight excluding hydrogens is 318 g/mol. The molecule has 2 atom stereocenters. The van der Waals surface area contributed by atoms with E-state index in [4.69, 9.17) is 4.42 Å². The Hall–Kier alpha value is -2.08. The van der Waals surface area contributed by atoms with Crippen LogP contribution in [0.5, 0.6) is 0 Å². The third-order valence-electron chi connectivity index (χ3n) is 5.56. The van der Waals surface area contributed by atoms with Crippen LogP contribution in [0.15, 0.2) is 33.5 Å². The topological polar surface area (TPSA) is 67.5 Å². The molecule has 1 aromatic heterocycles. The maximum atomic E-state index is 12.3. The molecule has 1 N–H and O–H groups in total. The number of carbonyl (C=O) groups is 1. The molecule has 2 aromatic rings. The van der Waals surface area contributed by atoms with Gasteiger partial charge in [0, 0.05) is 31.6 Å². The molecule has 2 unspecified atom stereocenters. The second kappa shape index (κ2) is 7.04. The van der Waals surface area contributed by atoms with Crippen LogP contribution >= 0.6 is 0 Å². The van der Waals surface area contributed by atoms with Crippen molar-refractivity contribution in [2.45, 2.75) is 57.2 Å². The van der Waals surface area contributed by atoms with E-state index in [0.717, 1.165) is 18.5 Å². The summed E-state index contributed by atoms with van der Waals surface area (Å²) >= 11 is 0. The van der Waals surface area contributed by atoms with Gasteiger partial charge >= 0.3 is 5.76 Å². The molecule has 2 saturated heterocycles. The fraction of sp³-hybridized carbons (Fsp3) is 0.579. The van der Waals surface area contributed by atoms with Crippen molar-refractivity contribution in [2.75, 3.05) is 13.1 Å². The van der Waals surface area contributed by atoms with Gasteiger partial charge in [0.2, 0.25) is 5.91 Å². The summed E-state index contributed by atoms with van der Waals surface area (Å²) in [7, 11) is 0. The lowest BCUT2D eigenvalue weighted by atomic mass is 9.99. The third kappa shape index (κ3) is 3.35. The Morgan fingerprint density at radius 1 is 1.20 bits per heavy atom. The van der Waals surface area contributed by atoms with Crippen LogP contribution in [0.25, 0.3) is 11.1 Å². The second-order valence-corrected chi connectivity index (χ2v) is 7.15. The van der Waals surface area contributed by atoms with Gasteiger partial charge in [-0.2, -0.15) is 0 Å². The Kier molecular flexibility index (Phi) is 4.61. The highest BCUT2D eigenvalue weighted by molar-refractivity contribution is 5.76. The van der Waals surface area contributed by atoms with Crippen molar-refractivity contribution < 1.29 is 9.21 Å². The van der Waals surface area contributed by atoms with Gasteiger partial charge in [-0.25, -0.2) is 4.79 Å². The van der Waals surface area contributed by atoms with Crippen molar-refractivity contribution in [1.29, 1.82) is 0 Å². The summed E-state index contributed by atoms with van der Waals surface area (Å²) in [4.78, 5) is 26.8. The fourth-order valence-electron chi connectivity index (χ4n) is 4.32. The van der Waals surface area contributed by atoms with E-state index >= 15 is 0 Å². The number of nitrogens with zero attached hydrogens (tertiary/aromatic N) is 2. The lowest BCUT2D eigenvalue weighted by molar-refractivity contribution is -0.122. The minimum Gasteiger partial charge on any atom is -0.408 e. The first-order chi connectivity index (χ1) is 12.2. The summed E-state index contributed by atoms with van der Waals surface area (Å²) in [5.41, 5.74) is 1.39. The summed E-state index contributed by atoms with van der Waals surface area (Å²) in [5.74, 6) is -0.256. The molecule has 3 heterocycles. The number of aromatic nitrogens is 1. The number of oxazole rings is 1. The second-order valence-electron chi connectivity index (χ2n) is 7.15. The predicted octanol–water partition coefficient (Wildman–Crippen LogP) is 2.12. The third-order valence-corrected chi connectivity index (χ3v) is 5.56. The molecule has 134 valence electrons. The molecule has 0 radical (unpaired) electrons. The van der Waals surface area contributed by atoms with Crippen LogP contribution < -0.4 is 11.1 Å². The van der Waals surface area contributed by atoms with E-state index in [-0.39, 0.29) is 11.7 Å². The highest BCUT2D eigenvalue weighted by Gasteiger charge is 2.35. The van der Waals surface area contributed by atoms with E-state index in [1.165, 1.54) is 25.8 Å². The molecule has 2 aliphatic heterocycles. The number of nitrogens with one attached hydrogen (secondary N) is 1. The van der Waals surface area contributed by atoms with E-state index in [0.29, 0.717) is 37.1 Å². The number of hydrogen-bond donors (Lipinski definition) is 1. The average Bonchev–Trinajstić information content (AvgIpc) is 3.16. The molecule has 2 fully saturated rings. The number of rotatable bonds is 5.